The zero-order chi connectivity index (χ0) is 11.9. The highest BCUT2D eigenvalue weighted by Gasteiger charge is 2.34. The smallest absolute Gasteiger partial charge is 0.0314 e. The molecule has 1 aromatic rings. The molecule has 2 aliphatic rings. The number of nitrogens with two attached hydrogens (primary N) is 1. The van der Waals surface area contributed by atoms with Crippen LogP contribution in [-0.4, -0.2) is 0 Å². The number of allylic oxidation sites excluding steroid dienone is 2. The molecule has 90 valence electrons. The van der Waals surface area contributed by atoms with Gasteiger partial charge in [0.1, 0.15) is 0 Å². The van der Waals surface area contributed by atoms with Gasteiger partial charge in [-0.2, -0.15) is 0 Å². The van der Waals surface area contributed by atoms with Crippen LogP contribution in [0.4, 0.5) is 5.69 Å². The molecule has 2 bridgehead atoms. The van der Waals surface area contributed by atoms with Crippen LogP contribution in [0.2, 0.25) is 0 Å². The first-order chi connectivity index (χ1) is 8.16. The molecule has 0 aromatic heterocycles. The molecule has 0 radical (unpaired) electrons. The molecule has 17 heavy (non-hydrogen) atoms. The number of fused-ring (bicyclic) bond motifs is 2. The highest BCUT2D eigenvalue weighted by atomic mass is 14.5. The molecule has 3 rings (SSSR count). The van der Waals surface area contributed by atoms with E-state index >= 15 is 0 Å². The van der Waals surface area contributed by atoms with Crippen LogP contribution in [0.25, 0.3) is 0 Å². The lowest BCUT2D eigenvalue weighted by molar-refractivity contribution is 0.305. The summed E-state index contributed by atoms with van der Waals surface area (Å²) in [5.41, 5.74) is 9.99. The van der Waals surface area contributed by atoms with Gasteiger partial charge in [-0.3, -0.25) is 0 Å². The average Bonchev–Trinajstić information content (AvgIpc) is 2.29. The molecule has 2 atom stereocenters. The maximum atomic E-state index is 5.78. The Kier molecular flexibility index (Phi) is 2.50. The summed E-state index contributed by atoms with van der Waals surface area (Å²) in [5.74, 6) is 0.909. The molecule has 0 saturated heterocycles. The normalized spacial score (nSPS) is 32.1. The van der Waals surface area contributed by atoms with Gasteiger partial charge in [0.2, 0.25) is 0 Å². The van der Waals surface area contributed by atoms with Crippen molar-refractivity contribution in [2.24, 2.45) is 5.92 Å². The standard InChI is InChI=1S/C16H21N/c1-16(14-5-7-15(17)8-6-14)10-12-3-2-4-13(9-12)11-16/h5-8,10,13H,2-4,9,11,17H2,1H3. The summed E-state index contributed by atoms with van der Waals surface area (Å²) in [6, 6.07) is 8.47. The van der Waals surface area contributed by atoms with Gasteiger partial charge >= 0.3 is 0 Å². The number of rotatable bonds is 1. The number of anilines is 1. The molecular formula is C16H21N. The lowest BCUT2D eigenvalue weighted by Gasteiger charge is -2.40. The third kappa shape index (κ3) is 1.99. The van der Waals surface area contributed by atoms with E-state index in [-0.39, 0.29) is 5.41 Å². The quantitative estimate of drug-likeness (QED) is 0.568. The molecule has 1 nitrogen and oxygen atoms in total. The first-order valence-electron chi connectivity index (χ1n) is 6.72. The minimum atomic E-state index is 0.242. The summed E-state index contributed by atoms with van der Waals surface area (Å²) in [4.78, 5) is 0. The van der Waals surface area contributed by atoms with Crippen molar-refractivity contribution in [3.05, 3.63) is 41.5 Å². The van der Waals surface area contributed by atoms with E-state index in [1.54, 1.807) is 5.57 Å². The molecular weight excluding hydrogens is 206 g/mol. The summed E-state index contributed by atoms with van der Waals surface area (Å²) >= 11 is 0. The van der Waals surface area contributed by atoms with Crippen LogP contribution < -0.4 is 5.73 Å². The topological polar surface area (TPSA) is 26.0 Å². The molecule has 0 heterocycles. The minimum absolute atomic E-state index is 0.242. The van der Waals surface area contributed by atoms with Crippen LogP contribution >= 0.6 is 0 Å². The molecule has 0 spiro atoms. The van der Waals surface area contributed by atoms with Crippen LogP contribution in [0, 0.1) is 5.92 Å². The number of nitrogen functional groups attached to an aromatic ring is 1. The Balaban J connectivity index is 1.98. The Morgan fingerprint density at radius 2 is 2.00 bits per heavy atom. The van der Waals surface area contributed by atoms with E-state index in [1.165, 1.54) is 37.7 Å². The van der Waals surface area contributed by atoms with Crippen LogP contribution in [0.3, 0.4) is 0 Å². The van der Waals surface area contributed by atoms with Crippen LogP contribution in [-0.2, 0) is 5.41 Å². The molecule has 0 amide bonds. The van der Waals surface area contributed by atoms with Crippen molar-refractivity contribution in [2.75, 3.05) is 5.73 Å². The molecule has 1 saturated carbocycles. The summed E-state index contributed by atoms with van der Waals surface area (Å²) in [5, 5.41) is 0. The lowest BCUT2D eigenvalue weighted by Crippen LogP contribution is -2.30. The second-order valence-corrected chi connectivity index (χ2v) is 6.01. The van der Waals surface area contributed by atoms with Gasteiger partial charge in [0.15, 0.2) is 0 Å². The van der Waals surface area contributed by atoms with E-state index in [1.807, 2.05) is 12.1 Å². The molecule has 1 aromatic carbocycles. The van der Waals surface area contributed by atoms with Crippen molar-refractivity contribution < 1.29 is 0 Å². The predicted octanol–water partition coefficient (Wildman–Crippen LogP) is 4.05. The van der Waals surface area contributed by atoms with Crippen molar-refractivity contribution >= 4 is 5.69 Å². The van der Waals surface area contributed by atoms with Gasteiger partial charge in [-0.25, -0.2) is 0 Å². The molecule has 1 fully saturated rings. The first-order valence-corrected chi connectivity index (χ1v) is 6.72. The predicted molar refractivity (Wildman–Crippen MR) is 72.9 cm³/mol. The van der Waals surface area contributed by atoms with E-state index in [2.05, 4.69) is 25.1 Å². The van der Waals surface area contributed by atoms with Crippen LogP contribution in [0.1, 0.15) is 44.6 Å². The fraction of sp³-hybridized carbons (Fsp3) is 0.500. The number of benzene rings is 1. The van der Waals surface area contributed by atoms with Gasteiger partial charge in [-0.05, 0) is 55.7 Å². The largest absolute Gasteiger partial charge is 0.399 e. The molecule has 2 aliphatic carbocycles. The Morgan fingerprint density at radius 3 is 2.71 bits per heavy atom. The SMILES string of the molecule is CC1(c2ccc(N)cc2)C=C2CCCC(C2)C1. The Labute approximate surface area is 104 Å². The molecule has 1 heteroatoms. The maximum absolute atomic E-state index is 5.78. The number of hydrogen-bond donors (Lipinski definition) is 1. The lowest BCUT2D eigenvalue weighted by atomic mass is 9.65. The Bertz CT molecular complexity index is 443. The van der Waals surface area contributed by atoms with Gasteiger partial charge in [0, 0.05) is 11.1 Å². The van der Waals surface area contributed by atoms with E-state index in [0.29, 0.717) is 0 Å². The van der Waals surface area contributed by atoms with Crippen LogP contribution in [0.5, 0.6) is 0 Å². The Morgan fingerprint density at radius 1 is 1.24 bits per heavy atom. The van der Waals surface area contributed by atoms with Gasteiger partial charge in [-0.15, -0.1) is 0 Å². The zero-order valence-corrected chi connectivity index (χ0v) is 10.6. The van der Waals surface area contributed by atoms with Crippen molar-refractivity contribution in [3.8, 4) is 0 Å². The highest BCUT2D eigenvalue weighted by molar-refractivity contribution is 5.43. The van der Waals surface area contributed by atoms with Crippen LogP contribution in [0.15, 0.2) is 35.9 Å². The van der Waals surface area contributed by atoms with Crippen molar-refractivity contribution in [1.82, 2.24) is 0 Å². The highest BCUT2D eigenvalue weighted by Crippen LogP contribution is 2.45. The van der Waals surface area contributed by atoms with E-state index < -0.39 is 0 Å². The third-order valence-corrected chi connectivity index (χ3v) is 4.47. The third-order valence-electron chi connectivity index (χ3n) is 4.47. The first kappa shape index (κ1) is 10.9. The second-order valence-electron chi connectivity index (χ2n) is 6.01. The Hall–Kier alpha value is -1.24. The van der Waals surface area contributed by atoms with E-state index in [9.17, 15) is 0 Å². The van der Waals surface area contributed by atoms with Crippen molar-refractivity contribution in [1.29, 1.82) is 0 Å². The zero-order valence-electron chi connectivity index (χ0n) is 10.6. The van der Waals surface area contributed by atoms with Gasteiger partial charge in [0.05, 0.1) is 0 Å². The average molecular weight is 227 g/mol. The molecule has 0 aliphatic heterocycles. The monoisotopic (exact) mass is 227 g/mol. The van der Waals surface area contributed by atoms with E-state index in [4.69, 9.17) is 5.73 Å². The van der Waals surface area contributed by atoms with E-state index in [0.717, 1.165) is 11.6 Å². The summed E-state index contributed by atoms with van der Waals surface area (Å²) < 4.78 is 0. The number of hydrogen-bond acceptors (Lipinski definition) is 1. The summed E-state index contributed by atoms with van der Waals surface area (Å²) in [6.45, 7) is 2.38. The van der Waals surface area contributed by atoms with Gasteiger partial charge in [0.25, 0.3) is 0 Å². The fourth-order valence-corrected chi connectivity index (χ4v) is 3.67. The summed E-state index contributed by atoms with van der Waals surface area (Å²) in [6.07, 6.45) is 9.33. The van der Waals surface area contributed by atoms with Crippen molar-refractivity contribution in [3.63, 3.8) is 0 Å². The summed E-state index contributed by atoms with van der Waals surface area (Å²) in [7, 11) is 0. The second kappa shape index (κ2) is 3.90. The van der Waals surface area contributed by atoms with Gasteiger partial charge in [-0.1, -0.05) is 30.7 Å². The minimum Gasteiger partial charge on any atom is -0.399 e. The fourth-order valence-electron chi connectivity index (χ4n) is 3.67. The maximum Gasteiger partial charge on any atom is 0.0314 e. The van der Waals surface area contributed by atoms with Gasteiger partial charge < -0.3 is 5.73 Å². The van der Waals surface area contributed by atoms with Crippen molar-refractivity contribution in [2.45, 2.75) is 44.4 Å². The molecule has 2 N–H and O–H groups in total. The molecule has 2 unspecified atom stereocenters.